The van der Waals surface area contributed by atoms with Crippen LogP contribution in [0.25, 0.3) is 16.7 Å². The maximum Gasteiger partial charge on any atom is 0.168 e. The third-order valence-corrected chi connectivity index (χ3v) is 4.89. The number of anilines is 1. The first kappa shape index (κ1) is 17.9. The Morgan fingerprint density at radius 3 is 2.63 bits per heavy atom. The van der Waals surface area contributed by atoms with E-state index >= 15 is 0 Å². The Morgan fingerprint density at radius 1 is 1.11 bits per heavy atom. The van der Waals surface area contributed by atoms with Crippen molar-refractivity contribution in [3.05, 3.63) is 41.9 Å². The molecule has 0 atom stereocenters. The normalized spacial score (nSPS) is 15.3. The number of hydrogen-bond donors (Lipinski definition) is 1. The third kappa shape index (κ3) is 3.79. The van der Waals surface area contributed by atoms with Crippen molar-refractivity contribution in [3.63, 3.8) is 0 Å². The Morgan fingerprint density at radius 2 is 1.89 bits per heavy atom. The van der Waals surface area contributed by atoms with Crippen molar-refractivity contribution in [3.8, 4) is 5.69 Å². The molecule has 0 amide bonds. The smallest absolute Gasteiger partial charge is 0.168 e. The van der Waals surface area contributed by atoms with E-state index in [1.54, 1.807) is 0 Å². The number of aryl methyl sites for hydroxylation is 2. The molecule has 1 saturated heterocycles. The molecule has 7 heteroatoms. The summed E-state index contributed by atoms with van der Waals surface area (Å²) < 4.78 is 7.33. The highest BCUT2D eigenvalue weighted by Crippen LogP contribution is 2.26. The van der Waals surface area contributed by atoms with E-state index < -0.39 is 0 Å². The Balaban J connectivity index is 1.64. The summed E-state index contributed by atoms with van der Waals surface area (Å²) in [4.78, 5) is 11.9. The maximum atomic E-state index is 5.42. The number of para-hydroxylation sites is 1. The standard InChI is InChI=1S/C20H26N6O/c1-3-17-22-19(21-9-10-25-11-13-27-14-12-25)18-15(2)24-26(20(18)23-17)16-7-5-4-6-8-16/h4-8H,3,9-14H2,1-2H3,(H,21,22,23). The average molecular weight is 366 g/mol. The predicted octanol–water partition coefficient (Wildman–Crippen LogP) is 2.43. The monoisotopic (exact) mass is 366 g/mol. The van der Waals surface area contributed by atoms with Gasteiger partial charge in [-0.05, 0) is 19.1 Å². The molecule has 1 aliphatic heterocycles. The molecule has 0 saturated carbocycles. The Labute approximate surface area is 159 Å². The van der Waals surface area contributed by atoms with Crippen molar-refractivity contribution in [2.75, 3.05) is 44.7 Å². The molecule has 2 aromatic heterocycles. The Hall–Kier alpha value is -2.51. The van der Waals surface area contributed by atoms with E-state index in [2.05, 4.69) is 17.1 Å². The number of fused-ring (bicyclic) bond motifs is 1. The first-order chi connectivity index (χ1) is 13.3. The molecule has 3 heterocycles. The van der Waals surface area contributed by atoms with Crippen LogP contribution in [0.5, 0.6) is 0 Å². The van der Waals surface area contributed by atoms with Crippen molar-refractivity contribution in [2.24, 2.45) is 0 Å². The maximum absolute atomic E-state index is 5.42. The van der Waals surface area contributed by atoms with Crippen LogP contribution in [0.1, 0.15) is 18.4 Å². The molecular formula is C20H26N6O. The lowest BCUT2D eigenvalue weighted by Gasteiger charge is -2.26. The first-order valence-corrected chi connectivity index (χ1v) is 9.62. The Bertz CT molecular complexity index is 902. The van der Waals surface area contributed by atoms with Crippen LogP contribution in [-0.4, -0.2) is 64.0 Å². The fourth-order valence-corrected chi connectivity index (χ4v) is 3.42. The highest BCUT2D eigenvalue weighted by Gasteiger charge is 2.17. The zero-order valence-corrected chi connectivity index (χ0v) is 16.0. The molecule has 0 radical (unpaired) electrons. The van der Waals surface area contributed by atoms with Crippen molar-refractivity contribution in [1.82, 2.24) is 24.6 Å². The molecule has 4 rings (SSSR count). The van der Waals surface area contributed by atoms with Gasteiger partial charge >= 0.3 is 0 Å². The van der Waals surface area contributed by atoms with Gasteiger partial charge in [0.15, 0.2) is 5.65 Å². The molecule has 7 nitrogen and oxygen atoms in total. The predicted molar refractivity (Wildman–Crippen MR) is 107 cm³/mol. The van der Waals surface area contributed by atoms with Gasteiger partial charge in [0.1, 0.15) is 11.6 Å². The summed E-state index contributed by atoms with van der Waals surface area (Å²) in [6, 6.07) is 10.1. The van der Waals surface area contributed by atoms with Gasteiger partial charge in [-0.1, -0.05) is 25.1 Å². The lowest BCUT2D eigenvalue weighted by Crippen LogP contribution is -2.39. The van der Waals surface area contributed by atoms with Gasteiger partial charge in [0.25, 0.3) is 0 Å². The first-order valence-electron chi connectivity index (χ1n) is 9.62. The largest absolute Gasteiger partial charge is 0.379 e. The van der Waals surface area contributed by atoms with Crippen molar-refractivity contribution >= 4 is 16.9 Å². The molecule has 142 valence electrons. The summed E-state index contributed by atoms with van der Waals surface area (Å²) >= 11 is 0. The Kier molecular flexibility index (Phi) is 5.31. The minimum Gasteiger partial charge on any atom is -0.379 e. The second-order valence-electron chi connectivity index (χ2n) is 6.75. The number of aromatic nitrogens is 4. The molecule has 0 bridgehead atoms. The summed E-state index contributed by atoms with van der Waals surface area (Å²) in [5.41, 5.74) is 2.81. The zero-order chi connectivity index (χ0) is 18.6. The van der Waals surface area contributed by atoms with Crippen LogP contribution in [0.15, 0.2) is 30.3 Å². The molecule has 1 aliphatic rings. The summed E-state index contributed by atoms with van der Waals surface area (Å²) in [6.07, 6.45) is 0.785. The number of benzene rings is 1. The molecule has 3 aromatic rings. The van der Waals surface area contributed by atoms with Crippen molar-refractivity contribution in [2.45, 2.75) is 20.3 Å². The summed E-state index contributed by atoms with van der Waals surface area (Å²) in [5, 5.41) is 9.27. The van der Waals surface area contributed by atoms with Gasteiger partial charge in [0.05, 0.1) is 30.0 Å². The quantitative estimate of drug-likeness (QED) is 0.723. The number of morpholine rings is 1. The summed E-state index contributed by atoms with van der Waals surface area (Å²) in [7, 11) is 0. The molecule has 1 N–H and O–H groups in total. The second-order valence-corrected chi connectivity index (χ2v) is 6.75. The van der Waals surface area contributed by atoms with E-state index in [0.717, 1.165) is 79.9 Å². The van der Waals surface area contributed by atoms with E-state index in [0.29, 0.717) is 0 Å². The molecule has 1 aromatic carbocycles. The lowest BCUT2D eigenvalue weighted by atomic mass is 10.2. The average Bonchev–Trinajstić information content (AvgIpc) is 3.06. The van der Waals surface area contributed by atoms with Gasteiger partial charge < -0.3 is 10.1 Å². The van der Waals surface area contributed by atoms with Crippen LogP contribution in [-0.2, 0) is 11.2 Å². The number of hydrogen-bond acceptors (Lipinski definition) is 6. The minimum absolute atomic E-state index is 0.785. The minimum atomic E-state index is 0.785. The number of ether oxygens (including phenoxy) is 1. The van der Waals surface area contributed by atoms with Crippen LogP contribution in [0.2, 0.25) is 0 Å². The van der Waals surface area contributed by atoms with Crippen molar-refractivity contribution in [1.29, 1.82) is 0 Å². The third-order valence-electron chi connectivity index (χ3n) is 4.89. The summed E-state index contributed by atoms with van der Waals surface area (Å²) in [6.45, 7) is 9.53. The van der Waals surface area contributed by atoms with E-state index in [1.165, 1.54) is 0 Å². The van der Waals surface area contributed by atoms with Gasteiger partial charge in [-0.25, -0.2) is 14.6 Å². The highest BCUT2D eigenvalue weighted by molar-refractivity contribution is 5.90. The topological polar surface area (TPSA) is 68.1 Å². The SMILES string of the molecule is CCc1nc(NCCN2CCOCC2)c2c(C)nn(-c3ccccc3)c2n1. The number of nitrogens with zero attached hydrogens (tertiary/aromatic N) is 5. The molecule has 27 heavy (non-hydrogen) atoms. The van der Waals surface area contributed by atoms with Crippen LogP contribution >= 0.6 is 0 Å². The molecular weight excluding hydrogens is 340 g/mol. The van der Waals surface area contributed by atoms with Crippen LogP contribution in [0.4, 0.5) is 5.82 Å². The second kappa shape index (κ2) is 8.02. The van der Waals surface area contributed by atoms with Crippen molar-refractivity contribution < 1.29 is 4.74 Å². The fourth-order valence-electron chi connectivity index (χ4n) is 3.42. The van der Waals surface area contributed by atoms with E-state index in [1.807, 2.05) is 41.9 Å². The zero-order valence-electron chi connectivity index (χ0n) is 16.0. The number of rotatable bonds is 6. The van der Waals surface area contributed by atoms with E-state index in [9.17, 15) is 0 Å². The molecule has 0 aliphatic carbocycles. The van der Waals surface area contributed by atoms with E-state index in [-0.39, 0.29) is 0 Å². The van der Waals surface area contributed by atoms with Gasteiger partial charge in [0.2, 0.25) is 0 Å². The van der Waals surface area contributed by atoms with Crippen LogP contribution in [0, 0.1) is 6.92 Å². The molecule has 1 fully saturated rings. The van der Waals surface area contributed by atoms with Gasteiger partial charge in [-0.2, -0.15) is 5.10 Å². The van der Waals surface area contributed by atoms with Gasteiger partial charge in [-0.15, -0.1) is 0 Å². The van der Waals surface area contributed by atoms with E-state index in [4.69, 9.17) is 19.8 Å². The highest BCUT2D eigenvalue weighted by atomic mass is 16.5. The lowest BCUT2D eigenvalue weighted by molar-refractivity contribution is 0.0398. The van der Waals surface area contributed by atoms with Crippen LogP contribution in [0.3, 0.4) is 0 Å². The fraction of sp³-hybridized carbons (Fsp3) is 0.450. The summed E-state index contributed by atoms with van der Waals surface area (Å²) in [5.74, 6) is 1.71. The molecule has 0 unspecified atom stereocenters. The number of nitrogens with one attached hydrogen (secondary N) is 1. The molecule has 0 spiro atoms. The van der Waals surface area contributed by atoms with Gasteiger partial charge in [0, 0.05) is 32.6 Å². The van der Waals surface area contributed by atoms with Gasteiger partial charge in [-0.3, -0.25) is 4.90 Å². The van der Waals surface area contributed by atoms with Crippen LogP contribution < -0.4 is 5.32 Å².